The lowest BCUT2D eigenvalue weighted by Crippen LogP contribution is -2.47. The van der Waals surface area contributed by atoms with Crippen molar-refractivity contribution in [1.82, 2.24) is 14.5 Å². The first-order valence-electron chi connectivity index (χ1n) is 11.6. The van der Waals surface area contributed by atoms with Crippen molar-refractivity contribution in [3.63, 3.8) is 0 Å². The number of nitrogens with zero attached hydrogens (tertiary/aromatic N) is 3. The van der Waals surface area contributed by atoms with E-state index in [-0.39, 0.29) is 6.03 Å². The smallest absolute Gasteiger partial charge is 0.324 e. The largest absolute Gasteiger partial charge is 0.336 e. The van der Waals surface area contributed by atoms with Gasteiger partial charge in [-0.25, -0.2) is 10.2 Å². The number of fused-ring (bicyclic) bond motifs is 2. The Hall–Kier alpha value is -1.66. The number of carbonyl (C=O) groups excluding carboxylic acids is 1. The summed E-state index contributed by atoms with van der Waals surface area (Å²) in [6, 6.07) is 5.25. The highest BCUT2D eigenvalue weighted by Crippen LogP contribution is 2.46. The molecule has 2 amide bonds. The van der Waals surface area contributed by atoms with Gasteiger partial charge in [-0.2, -0.15) is 0 Å². The van der Waals surface area contributed by atoms with Crippen LogP contribution >= 0.6 is 11.8 Å². The van der Waals surface area contributed by atoms with E-state index in [1.807, 2.05) is 18.7 Å². The molecule has 0 radical (unpaired) electrons. The number of benzene rings is 1. The summed E-state index contributed by atoms with van der Waals surface area (Å²) in [5.41, 5.74) is 8.49. The number of thioether (sulfide) groups is 1. The number of rotatable bonds is 6. The molecule has 2 aliphatic rings. The molecule has 1 aromatic carbocycles. The number of urea groups is 1. The number of likely N-dealkylation sites (tertiary alicyclic amines) is 1. The fourth-order valence-electron chi connectivity index (χ4n) is 5.64. The quantitative estimate of drug-likeness (QED) is 0.644. The van der Waals surface area contributed by atoms with Gasteiger partial charge in [-0.15, -0.1) is 11.8 Å². The van der Waals surface area contributed by atoms with Crippen LogP contribution in [-0.2, 0) is 6.42 Å². The topological polar surface area (TPSA) is 40.5 Å². The molecule has 1 N–H and O–H groups in total. The van der Waals surface area contributed by atoms with E-state index in [1.165, 1.54) is 59.5 Å². The molecule has 2 aromatic rings. The Bertz CT molecular complexity index is 931. The first-order chi connectivity index (χ1) is 14.5. The van der Waals surface area contributed by atoms with Gasteiger partial charge >= 0.3 is 6.03 Å². The minimum atomic E-state index is -0.0214. The van der Waals surface area contributed by atoms with Gasteiger partial charge in [-0.05, 0) is 89.1 Å². The lowest BCUT2D eigenvalue weighted by molar-refractivity contribution is 0.124. The van der Waals surface area contributed by atoms with Crippen molar-refractivity contribution in [2.75, 3.05) is 37.9 Å². The number of nitrogens with one attached hydrogen (secondary N) is 1. The summed E-state index contributed by atoms with van der Waals surface area (Å²) in [7, 11) is 0. The molecule has 6 heteroatoms. The summed E-state index contributed by atoms with van der Waals surface area (Å²) in [6.07, 6.45) is 6.99. The molecule has 0 unspecified atom stereocenters. The molecule has 30 heavy (non-hydrogen) atoms. The monoisotopic (exact) mass is 428 g/mol. The van der Waals surface area contributed by atoms with Crippen molar-refractivity contribution in [3.05, 3.63) is 29.0 Å². The number of amides is 2. The standard InChI is InChI=1S/C24H36N4OS/c1-6-11-27-12-9-10-18-20-13-17(30-5)14-22-23(20)19(15-21(18)27)16(4)28(22)25-24(29)26(7-2)8-3/h13-14,18,21H,6-12,15H2,1-5H3,(H,25,29)/t18-,21-/m1/s1. The molecule has 0 saturated carbocycles. The highest BCUT2D eigenvalue weighted by atomic mass is 32.2. The molecule has 2 heterocycles. The first kappa shape index (κ1) is 21.6. The Labute approximate surface area is 185 Å². The zero-order valence-corrected chi connectivity index (χ0v) is 19.9. The van der Waals surface area contributed by atoms with E-state index in [9.17, 15) is 4.79 Å². The normalized spacial score (nSPS) is 21.0. The number of hydrogen-bond acceptors (Lipinski definition) is 3. The van der Waals surface area contributed by atoms with Crippen LogP contribution in [0.25, 0.3) is 10.9 Å². The second-order valence-corrected chi connectivity index (χ2v) is 9.54. The molecule has 0 bridgehead atoms. The fraction of sp³-hybridized carbons (Fsp3) is 0.625. The van der Waals surface area contributed by atoms with Crippen LogP contribution in [0.4, 0.5) is 4.79 Å². The van der Waals surface area contributed by atoms with E-state index in [4.69, 9.17) is 0 Å². The van der Waals surface area contributed by atoms with Gasteiger partial charge in [0.15, 0.2) is 0 Å². The van der Waals surface area contributed by atoms with Crippen LogP contribution in [0.5, 0.6) is 0 Å². The van der Waals surface area contributed by atoms with Gasteiger partial charge in [-0.3, -0.25) is 9.58 Å². The highest BCUT2D eigenvalue weighted by Gasteiger charge is 2.39. The van der Waals surface area contributed by atoms with Crippen LogP contribution in [-0.4, -0.2) is 59.0 Å². The predicted octanol–water partition coefficient (Wildman–Crippen LogP) is 5.19. The maximum Gasteiger partial charge on any atom is 0.336 e. The van der Waals surface area contributed by atoms with Crippen LogP contribution in [0.1, 0.15) is 62.8 Å². The Morgan fingerprint density at radius 1 is 1.27 bits per heavy atom. The number of hydrogen-bond donors (Lipinski definition) is 1. The molecular formula is C24H36N4OS. The second-order valence-electron chi connectivity index (χ2n) is 8.66. The highest BCUT2D eigenvalue weighted by molar-refractivity contribution is 7.98. The van der Waals surface area contributed by atoms with Crippen LogP contribution in [0.15, 0.2) is 17.0 Å². The Balaban J connectivity index is 1.84. The van der Waals surface area contributed by atoms with Gasteiger partial charge in [0.25, 0.3) is 0 Å². The molecule has 1 aromatic heterocycles. The summed E-state index contributed by atoms with van der Waals surface area (Å²) in [4.78, 5) is 18.7. The third-order valence-corrected chi connectivity index (χ3v) is 7.85. The molecule has 1 aliphatic carbocycles. The maximum absolute atomic E-state index is 12.9. The van der Waals surface area contributed by atoms with Gasteiger partial charge in [-0.1, -0.05) is 6.92 Å². The molecule has 1 fully saturated rings. The van der Waals surface area contributed by atoms with Crippen LogP contribution in [0.2, 0.25) is 0 Å². The van der Waals surface area contributed by atoms with E-state index < -0.39 is 0 Å². The Kier molecular flexibility index (Phi) is 6.35. The summed E-state index contributed by atoms with van der Waals surface area (Å²) < 4.78 is 2.07. The average Bonchev–Trinajstić information content (AvgIpc) is 3.01. The van der Waals surface area contributed by atoms with Crippen LogP contribution in [0, 0.1) is 6.92 Å². The van der Waals surface area contributed by atoms with E-state index >= 15 is 0 Å². The lowest BCUT2D eigenvalue weighted by atomic mass is 9.74. The molecule has 1 aliphatic heterocycles. The summed E-state index contributed by atoms with van der Waals surface area (Å²) >= 11 is 1.80. The SMILES string of the molecule is CCCN1CCC[C@@H]2c3cc(SC)cc4c3c(c(C)n4NC(=O)N(CC)CC)C[C@H]21. The Morgan fingerprint density at radius 3 is 2.70 bits per heavy atom. The minimum Gasteiger partial charge on any atom is -0.324 e. The van der Waals surface area contributed by atoms with Crippen LogP contribution < -0.4 is 5.43 Å². The first-order valence-corrected chi connectivity index (χ1v) is 12.8. The molecule has 164 valence electrons. The van der Waals surface area contributed by atoms with Crippen molar-refractivity contribution in [2.24, 2.45) is 0 Å². The summed E-state index contributed by atoms with van der Waals surface area (Å²) in [5, 5.41) is 1.39. The summed E-state index contributed by atoms with van der Waals surface area (Å²) in [5.74, 6) is 0.598. The number of carbonyl (C=O) groups is 1. The molecule has 5 nitrogen and oxygen atoms in total. The van der Waals surface area contributed by atoms with Crippen molar-refractivity contribution in [3.8, 4) is 0 Å². The number of piperidine rings is 1. The third-order valence-electron chi connectivity index (χ3n) is 7.15. The van der Waals surface area contributed by atoms with Crippen molar-refractivity contribution in [2.45, 2.75) is 70.2 Å². The van der Waals surface area contributed by atoms with Crippen molar-refractivity contribution < 1.29 is 4.79 Å². The zero-order valence-electron chi connectivity index (χ0n) is 19.1. The molecule has 0 spiro atoms. The van der Waals surface area contributed by atoms with E-state index in [0.717, 1.165) is 11.9 Å². The van der Waals surface area contributed by atoms with Crippen molar-refractivity contribution >= 4 is 28.7 Å². The molecule has 4 rings (SSSR count). The van der Waals surface area contributed by atoms with Gasteiger partial charge in [0, 0.05) is 41.0 Å². The average molecular weight is 429 g/mol. The molecule has 1 saturated heterocycles. The van der Waals surface area contributed by atoms with Gasteiger partial charge in [0.2, 0.25) is 0 Å². The van der Waals surface area contributed by atoms with Gasteiger partial charge in [0.05, 0.1) is 5.52 Å². The zero-order chi connectivity index (χ0) is 21.4. The van der Waals surface area contributed by atoms with E-state index in [0.29, 0.717) is 25.0 Å². The predicted molar refractivity (Wildman–Crippen MR) is 127 cm³/mol. The van der Waals surface area contributed by atoms with Crippen LogP contribution in [0.3, 0.4) is 0 Å². The minimum absolute atomic E-state index is 0.0214. The summed E-state index contributed by atoms with van der Waals surface area (Å²) in [6.45, 7) is 12.3. The third kappa shape index (κ3) is 3.52. The molecular weight excluding hydrogens is 392 g/mol. The van der Waals surface area contributed by atoms with Gasteiger partial charge < -0.3 is 4.90 Å². The molecule has 2 atom stereocenters. The fourth-order valence-corrected chi connectivity index (χ4v) is 6.11. The second kappa shape index (κ2) is 8.83. The Morgan fingerprint density at radius 2 is 2.03 bits per heavy atom. The van der Waals surface area contributed by atoms with E-state index in [2.05, 4.69) is 47.2 Å². The van der Waals surface area contributed by atoms with Crippen molar-refractivity contribution in [1.29, 1.82) is 0 Å². The van der Waals surface area contributed by atoms with E-state index in [1.54, 1.807) is 11.8 Å². The maximum atomic E-state index is 12.9. The number of aromatic nitrogens is 1. The lowest BCUT2D eigenvalue weighted by Gasteiger charge is -2.44. The van der Waals surface area contributed by atoms with Gasteiger partial charge in [0.1, 0.15) is 0 Å².